The van der Waals surface area contributed by atoms with E-state index < -0.39 is 0 Å². The Labute approximate surface area is 108 Å². The first kappa shape index (κ1) is 15.5. The molecule has 0 fully saturated rings. The van der Waals surface area contributed by atoms with Gasteiger partial charge in [-0.25, -0.2) is 0 Å². The zero-order valence-electron chi connectivity index (χ0n) is 10.4. The van der Waals surface area contributed by atoms with Crippen LogP contribution in [0.2, 0.25) is 0 Å². The van der Waals surface area contributed by atoms with E-state index in [1.807, 2.05) is 7.05 Å². The number of hydrogen-bond acceptors (Lipinski definition) is 1. The lowest BCUT2D eigenvalue weighted by Crippen LogP contribution is -2.26. The normalized spacial score (nSPS) is 9.44. The molecule has 0 spiro atoms. The summed E-state index contributed by atoms with van der Waals surface area (Å²) in [4.78, 5) is 13.2. The molecule has 0 aliphatic carbocycles. The van der Waals surface area contributed by atoms with E-state index >= 15 is 0 Å². The van der Waals surface area contributed by atoms with Crippen molar-refractivity contribution in [3.63, 3.8) is 0 Å². The number of nitrogens with zero attached hydrogens (tertiary/aromatic N) is 1. The molecule has 1 amide bonds. The molecule has 0 atom stereocenters. The fourth-order valence-electron chi connectivity index (χ4n) is 1.22. The second-order valence-electron chi connectivity index (χ2n) is 3.88. The Morgan fingerprint density at radius 3 is 2.62 bits per heavy atom. The summed E-state index contributed by atoms with van der Waals surface area (Å²) in [6.45, 7) is 2.93. The van der Waals surface area contributed by atoms with E-state index in [2.05, 4.69) is 34.7 Å². The van der Waals surface area contributed by atoms with E-state index in [9.17, 15) is 4.79 Å². The van der Waals surface area contributed by atoms with E-state index in [4.69, 9.17) is 0 Å². The van der Waals surface area contributed by atoms with Crippen molar-refractivity contribution in [2.24, 2.45) is 0 Å². The van der Waals surface area contributed by atoms with Gasteiger partial charge in [0.2, 0.25) is 0 Å². The van der Waals surface area contributed by atoms with Crippen LogP contribution >= 0.6 is 15.9 Å². The molecule has 0 aliphatic heterocycles. The van der Waals surface area contributed by atoms with E-state index in [1.165, 1.54) is 12.8 Å². The number of carbonyl (C=O) groups excluding carboxylic acids is 1. The maximum absolute atomic E-state index is 11.5. The highest BCUT2D eigenvalue weighted by Gasteiger charge is 2.02. The van der Waals surface area contributed by atoms with Gasteiger partial charge in [0.05, 0.1) is 0 Å². The van der Waals surface area contributed by atoms with Crippen molar-refractivity contribution in [3.05, 3.63) is 0 Å². The Kier molecular flexibility index (Phi) is 10.7. The maximum atomic E-state index is 11.5. The van der Waals surface area contributed by atoms with Crippen LogP contribution < -0.4 is 0 Å². The van der Waals surface area contributed by atoms with Crippen molar-refractivity contribution in [2.45, 2.75) is 45.4 Å². The van der Waals surface area contributed by atoms with Crippen molar-refractivity contribution in [2.75, 3.05) is 18.9 Å². The van der Waals surface area contributed by atoms with Gasteiger partial charge in [-0.1, -0.05) is 41.6 Å². The SMILES string of the molecule is CCCCN(C)C(=O)C#CCCCCCBr. The fourth-order valence-corrected chi connectivity index (χ4v) is 1.61. The van der Waals surface area contributed by atoms with E-state index in [0.717, 1.165) is 37.6 Å². The smallest absolute Gasteiger partial charge is 0.298 e. The fraction of sp³-hybridized carbons (Fsp3) is 0.769. The summed E-state index contributed by atoms with van der Waals surface area (Å²) in [5, 5.41) is 1.05. The second-order valence-corrected chi connectivity index (χ2v) is 4.67. The number of unbranched alkanes of at least 4 members (excludes halogenated alkanes) is 4. The van der Waals surface area contributed by atoms with Gasteiger partial charge in [0.1, 0.15) is 0 Å². The highest BCUT2D eigenvalue weighted by atomic mass is 79.9. The van der Waals surface area contributed by atoms with Crippen LogP contribution in [-0.2, 0) is 4.79 Å². The maximum Gasteiger partial charge on any atom is 0.298 e. The molecule has 0 radical (unpaired) electrons. The monoisotopic (exact) mass is 287 g/mol. The van der Waals surface area contributed by atoms with Crippen molar-refractivity contribution < 1.29 is 4.79 Å². The van der Waals surface area contributed by atoms with Crippen LogP contribution in [-0.4, -0.2) is 29.7 Å². The van der Waals surface area contributed by atoms with Gasteiger partial charge in [-0.15, -0.1) is 0 Å². The minimum Gasteiger partial charge on any atom is -0.335 e. The molecule has 0 N–H and O–H groups in total. The molecule has 92 valence electrons. The summed E-state index contributed by atoms with van der Waals surface area (Å²) in [5.74, 6) is 5.59. The van der Waals surface area contributed by atoms with Crippen molar-refractivity contribution in [1.29, 1.82) is 0 Å². The lowest BCUT2D eigenvalue weighted by molar-refractivity contribution is -0.123. The number of hydrogen-bond donors (Lipinski definition) is 0. The standard InChI is InChI=1S/C13H22BrNO/c1-3-4-12-15(2)13(16)10-8-6-5-7-9-11-14/h3-7,9,11-12H2,1-2H3. The molecule has 3 heteroatoms. The van der Waals surface area contributed by atoms with Gasteiger partial charge in [0, 0.05) is 25.3 Å². The molecule has 0 unspecified atom stereocenters. The molecule has 0 heterocycles. The van der Waals surface area contributed by atoms with Crippen molar-refractivity contribution in [3.8, 4) is 11.8 Å². The topological polar surface area (TPSA) is 20.3 Å². The first-order valence-electron chi connectivity index (χ1n) is 6.02. The number of amides is 1. The average molecular weight is 288 g/mol. The third-order valence-corrected chi connectivity index (χ3v) is 2.89. The third kappa shape index (κ3) is 8.79. The van der Waals surface area contributed by atoms with E-state index in [0.29, 0.717) is 0 Å². The molecular formula is C13H22BrNO. The third-order valence-electron chi connectivity index (χ3n) is 2.32. The molecular weight excluding hydrogens is 266 g/mol. The summed E-state index contributed by atoms with van der Waals surface area (Å²) in [6, 6.07) is 0. The highest BCUT2D eigenvalue weighted by molar-refractivity contribution is 9.09. The van der Waals surface area contributed by atoms with E-state index in [-0.39, 0.29) is 5.91 Å². The number of carbonyl (C=O) groups is 1. The number of halogens is 1. The zero-order valence-corrected chi connectivity index (χ0v) is 12.0. The minimum atomic E-state index is -0.0473. The summed E-state index contributed by atoms with van der Waals surface area (Å²) in [7, 11) is 1.82. The van der Waals surface area contributed by atoms with Crippen LogP contribution in [0.1, 0.15) is 45.4 Å². The Morgan fingerprint density at radius 1 is 1.25 bits per heavy atom. The van der Waals surface area contributed by atoms with Gasteiger partial charge in [-0.2, -0.15) is 0 Å². The molecule has 0 bridgehead atoms. The summed E-state index contributed by atoms with van der Waals surface area (Å²) >= 11 is 3.39. The van der Waals surface area contributed by atoms with Crippen LogP contribution in [0.3, 0.4) is 0 Å². The van der Waals surface area contributed by atoms with E-state index in [1.54, 1.807) is 4.90 Å². The largest absolute Gasteiger partial charge is 0.335 e. The summed E-state index contributed by atoms with van der Waals surface area (Å²) in [5.41, 5.74) is 0. The van der Waals surface area contributed by atoms with Gasteiger partial charge < -0.3 is 4.90 Å². The Hall–Kier alpha value is -0.490. The molecule has 0 aromatic rings. The van der Waals surface area contributed by atoms with Crippen LogP contribution in [0.25, 0.3) is 0 Å². The quantitative estimate of drug-likeness (QED) is 0.400. The Balaban J connectivity index is 3.64. The van der Waals surface area contributed by atoms with Crippen LogP contribution in [0.15, 0.2) is 0 Å². The zero-order chi connectivity index (χ0) is 12.2. The van der Waals surface area contributed by atoms with Gasteiger partial charge in [0.15, 0.2) is 0 Å². The van der Waals surface area contributed by atoms with Crippen molar-refractivity contribution >= 4 is 21.8 Å². The molecule has 0 saturated heterocycles. The van der Waals surface area contributed by atoms with Gasteiger partial charge >= 0.3 is 0 Å². The van der Waals surface area contributed by atoms with Gasteiger partial charge in [0.25, 0.3) is 5.91 Å². The average Bonchev–Trinajstić information content (AvgIpc) is 2.30. The van der Waals surface area contributed by atoms with Gasteiger partial charge in [-0.05, 0) is 25.2 Å². The summed E-state index contributed by atoms with van der Waals surface area (Å²) in [6.07, 6.45) is 6.45. The summed E-state index contributed by atoms with van der Waals surface area (Å²) < 4.78 is 0. The number of rotatable bonds is 7. The molecule has 0 aliphatic rings. The Morgan fingerprint density at radius 2 is 2.00 bits per heavy atom. The second kappa shape index (κ2) is 11.0. The first-order chi connectivity index (χ1) is 7.72. The molecule has 0 aromatic heterocycles. The minimum absolute atomic E-state index is 0.0473. The lowest BCUT2D eigenvalue weighted by Gasteiger charge is -2.12. The first-order valence-corrected chi connectivity index (χ1v) is 7.14. The predicted octanol–water partition coefficient (Wildman–Crippen LogP) is 3.20. The highest BCUT2D eigenvalue weighted by Crippen LogP contribution is 2.00. The lowest BCUT2D eigenvalue weighted by atomic mass is 10.2. The molecule has 16 heavy (non-hydrogen) atoms. The molecule has 0 saturated carbocycles. The molecule has 2 nitrogen and oxygen atoms in total. The number of alkyl halides is 1. The van der Waals surface area contributed by atoms with Gasteiger partial charge in [-0.3, -0.25) is 4.79 Å². The molecule has 0 rings (SSSR count). The Bertz CT molecular complexity index is 242. The predicted molar refractivity (Wildman–Crippen MR) is 72.6 cm³/mol. The van der Waals surface area contributed by atoms with Crippen molar-refractivity contribution in [1.82, 2.24) is 4.90 Å². The van der Waals surface area contributed by atoms with Crippen LogP contribution in [0.5, 0.6) is 0 Å². The molecule has 0 aromatic carbocycles. The van der Waals surface area contributed by atoms with Crippen LogP contribution in [0.4, 0.5) is 0 Å². The van der Waals surface area contributed by atoms with Crippen LogP contribution in [0, 0.1) is 11.8 Å².